The Labute approximate surface area is 138 Å². The van der Waals surface area contributed by atoms with Crippen LogP contribution in [0.2, 0.25) is 0 Å². The van der Waals surface area contributed by atoms with Gasteiger partial charge < -0.3 is 5.73 Å². The van der Waals surface area contributed by atoms with E-state index >= 15 is 0 Å². The molecule has 0 heterocycles. The number of unbranched alkanes of at least 4 members (excludes halogenated alkanes) is 12. The summed E-state index contributed by atoms with van der Waals surface area (Å²) in [5.41, 5.74) is 6.43. The Morgan fingerprint density at radius 2 is 1.18 bits per heavy atom. The van der Waals surface area contributed by atoms with E-state index < -0.39 is 0 Å². The highest BCUT2D eigenvalue weighted by atomic mass is 16.1. The van der Waals surface area contributed by atoms with E-state index in [4.69, 9.17) is 5.73 Å². The van der Waals surface area contributed by atoms with Crippen LogP contribution >= 0.6 is 0 Å². The van der Waals surface area contributed by atoms with Crippen LogP contribution in [-0.2, 0) is 4.79 Å². The lowest BCUT2D eigenvalue weighted by molar-refractivity contribution is -0.116. The van der Waals surface area contributed by atoms with Crippen molar-refractivity contribution < 1.29 is 4.79 Å². The maximum Gasteiger partial charge on any atom is 0.174 e. The zero-order valence-corrected chi connectivity index (χ0v) is 15.2. The summed E-state index contributed by atoms with van der Waals surface area (Å²) in [6.45, 7) is 7.67. The fraction of sp³-hybridized carbons (Fsp3) is 0.850. The number of carbonyl (C=O) groups excluding carboxylic acids is 1. The zero-order chi connectivity index (χ0) is 16.6. The Morgan fingerprint density at radius 3 is 1.55 bits per heavy atom. The molecule has 2 heteroatoms. The molecule has 0 saturated carbocycles. The van der Waals surface area contributed by atoms with E-state index in [1.807, 2.05) is 0 Å². The lowest BCUT2D eigenvalue weighted by Gasteiger charge is -2.09. The van der Waals surface area contributed by atoms with Crippen molar-refractivity contribution in [2.45, 2.75) is 110 Å². The second kappa shape index (κ2) is 15.3. The molecule has 0 radical (unpaired) electrons. The van der Waals surface area contributed by atoms with E-state index in [0.29, 0.717) is 5.57 Å². The summed E-state index contributed by atoms with van der Waals surface area (Å²) in [5, 5.41) is 0. The number of nitrogens with two attached hydrogens (primary N) is 1. The minimum atomic E-state index is -0.329. The molecule has 0 aromatic carbocycles. The van der Waals surface area contributed by atoms with Gasteiger partial charge in [0.05, 0.1) is 6.04 Å². The van der Waals surface area contributed by atoms with Crippen LogP contribution < -0.4 is 5.73 Å². The Morgan fingerprint density at radius 1 is 0.818 bits per heavy atom. The highest BCUT2D eigenvalue weighted by Gasteiger charge is 2.12. The lowest BCUT2D eigenvalue weighted by Crippen LogP contribution is -2.30. The molecule has 130 valence electrons. The Bertz CT molecular complexity index is 285. The molecule has 1 unspecified atom stereocenters. The first-order valence-electron chi connectivity index (χ1n) is 9.55. The van der Waals surface area contributed by atoms with Crippen molar-refractivity contribution in [1.29, 1.82) is 0 Å². The van der Waals surface area contributed by atoms with Crippen LogP contribution in [0, 0.1) is 0 Å². The van der Waals surface area contributed by atoms with E-state index in [2.05, 4.69) is 13.5 Å². The maximum atomic E-state index is 11.6. The van der Waals surface area contributed by atoms with Crippen LogP contribution in [0.3, 0.4) is 0 Å². The molecule has 0 aromatic rings. The fourth-order valence-corrected chi connectivity index (χ4v) is 2.83. The summed E-state index contributed by atoms with van der Waals surface area (Å²) in [7, 11) is 0. The molecular weight excluding hydrogens is 270 g/mol. The number of carbonyl (C=O) groups is 1. The van der Waals surface area contributed by atoms with Gasteiger partial charge in [-0.2, -0.15) is 0 Å². The van der Waals surface area contributed by atoms with Crippen molar-refractivity contribution in [2.75, 3.05) is 0 Å². The second-order valence-corrected chi connectivity index (χ2v) is 6.78. The molecule has 2 nitrogen and oxygen atoms in total. The molecule has 0 spiro atoms. The molecule has 0 rings (SSSR count). The van der Waals surface area contributed by atoms with Crippen LogP contribution in [0.1, 0.15) is 104 Å². The van der Waals surface area contributed by atoms with Crippen LogP contribution in [-0.4, -0.2) is 11.8 Å². The first-order chi connectivity index (χ1) is 10.6. The molecule has 0 aliphatic carbocycles. The summed E-state index contributed by atoms with van der Waals surface area (Å²) in [5.74, 6) is 0.0268. The minimum Gasteiger partial charge on any atom is -0.321 e. The van der Waals surface area contributed by atoms with E-state index in [1.165, 1.54) is 77.0 Å². The SMILES string of the molecule is C=C(C)C(=O)C(N)CCCCCCCCCCCCCCC. The molecule has 0 bridgehead atoms. The predicted octanol–water partition coefficient (Wildman–Crippen LogP) is 5.94. The molecule has 0 fully saturated rings. The van der Waals surface area contributed by atoms with Crippen LogP contribution in [0.25, 0.3) is 0 Å². The molecule has 0 aliphatic rings. The Balaban J connectivity index is 3.21. The summed E-state index contributed by atoms with van der Waals surface area (Å²) < 4.78 is 0. The molecule has 0 aromatic heterocycles. The van der Waals surface area contributed by atoms with Crippen molar-refractivity contribution in [3.63, 3.8) is 0 Å². The minimum absolute atomic E-state index is 0.0268. The number of rotatable bonds is 16. The molecule has 2 N–H and O–H groups in total. The topological polar surface area (TPSA) is 43.1 Å². The number of ketones is 1. The highest BCUT2D eigenvalue weighted by molar-refractivity contribution is 5.98. The van der Waals surface area contributed by atoms with E-state index in [9.17, 15) is 4.79 Å². The van der Waals surface area contributed by atoms with Gasteiger partial charge in [0, 0.05) is 0 Å². The molecule has 0 amide bonds. The molecule has 22 heavy (non-hydrogen) atoms. The number of hydrogen-bond donors (Lipinski definition) is 1. The van der Waals surface area contributed by atoms with Crippen molar-refractivity contribution in [1.82, 2.24) is 0 Å². The standard InChI is InChI=1S/C20H39NO/c1-4-5-6-7-8-9-10-11-12-13-14-15-16-17-19(21)20(22)18(2)3/h19H,2,4-17,21H2,1,3H3. The largest absolute Gasteiger partial charge is 0.321 e. The molecular formula is C20H39NO. The smallest absolute Gasteiger partial charge is 0.174 e. The normalized spacial score (nSPS) is 12.3. The Kier molecular flexibility index (Phi) is 14.8. The van der Waals surface area contributed by atoms with Gasteiger partial charge in [-0.05, 0) is 18.9 Å². The second-order valence-electron chi connectivity index (χ2n) is 6.78. The van der Waals surface area contributed by atoms with Gasteiger partial charge in [-0.25, -0.2) is 0 Å². The Hall–Kier alpha value is -0.630. The third-order valence-corrected chi connectivity index (χ3v) is 4.38. The average molecular weight is 310 g/mol. The first-order valence-corrected chi connectivity index (χ1v) is 9.55. The fourth-order valence-electron chi connectivity index (χ4n) is 2.83. The van der Waals surface area contributed by atoms with Crippen LogP contribution in [0.15, 0.2) is 12.2 Å². The van der Waals surface area contributed by atoms with Gasteiger partial charge in [0.25, 0.3) is 0 Å². The summed E-state index contributed by atoms with van der Waals surface area (Å²) in [4.78, 5) is 11.6. The van der Waals surface area contributed by atoms with Crippen LogP contribution in [0.4, 0.5) is 0 Å². The van der Waals surface area contributed by atoms with Gasteiger partial charge in [0.2, 0.25) is 0 Å². The van der Waals surface area contributed by atoms with Gasteiger partial charge in [-0.3, -0.25) is 4.79 Å². The zero-order valence-electron chi connectivity index (χ0n) is 15.2. The molecule has 1 atom stereocenters. The quantitative estimate of drug-likeness (QED) is 0.283. The third kappa shape index (κ3) is 13.1. The monoisotopic (exact) mass is 309 g/mol. The number of hydrogen-bond acceptors (Lipinski definition) is 2. The molecule has 0 aliphatic heterocycles. The first kappa shape index (κ1) is 21.4. The van der Waals surface area contributed by atoms with Crippen molar-refractivity contribution in [2.24, 2.45) is 5.73 Å². The van der Waals surface area contributed by atoms with Crippen molar-refractivity contribution in [3.8, 4) is 0 Å². The van der Waals surface area contributed by atoms with E-state index in [1.54, 1.807) is 6.92 Å². The van der Waals surface area contributed by atoms with Crippen molar-refractivity contribution in [3.05, 3.63) is 12.2 Å². The van der Waals surface area contributed by atoms with Crippen LogP contribution in [0.5, 0.6) is 0 Å². The van der Waals surface area contributed by atoms with Gasteiger partial charge in [-0.15, -0.1) is 0 Å². The lowest BCUT2D eigenvalue weighted by atomic mass is 10.00. The van der Waals surface area contributed by atoms with Gasteiger partial charge in [0.1, 0.15) is 0 Å². The number of Topliss-reactive ketones (excluding diaryl/α,β-unsaturated/α-hetero) is 1. The summed E-state index contributed by atoms with van der Waals surface area (Å²) in [6, 6.07) is -0.329. The van der Waals surface area contributed by atoms with E-state index in [0.717, 1.165) is 12.8 Å². The average Bonchev–Trinajstić information content (AvgIpc) is 2.50. The van der Waals surface area contributed by atoms with Gasteiger partial charge in [0.15, 0.2) is 5.78 Å². The summed E-state index contributed by atoms with van der Waals surface area (Å²) >= 11 is 0. The highest BCUT2D eigenvalue weighted by Crippen LogP contribution is 2.13. The van der Waals surface area contributed by atoms with Gasteiger partial charge >= 0.3 is 0 Å². The van der Waals surface area contributed by atoms with Gasteiger partial charge in [-0.1, -0.05) is 97.0 Å². The maximum absolute atomic E-state index is 11.6. The predicted molar refractivity (Wildman–Crippen MR) is 98.1 cm³/mol. The van der Waals surface area contributed by atoms with E-state index in [-0.39, 0.29) is 11.8 Å². The molecule has 0 saturated heterocycles. The van der Waals surface area contributed by atoms with Crippen molar-refractivity contribution >= 4 is 5.78 Å². The summed E-state index contributed by atoms with van der Waals surface area (Å²) in [6.07, 6.45) is 18.3. The third-order valence-electron chi connectivity index (χ3n) is 4.38.